The molecule has 0 spiro atoms. The average molecular weight is 730 g/mol. The molecule has 2 aromatic carbocycles. The fraction of sp³-hybridized carbons (Fsp3) is 0.474. The molecule has 4 heterocycles. The monoisotopic (exact) mass is 729 g/mol. The molecule has 6 rings (SSSR count). The van der Waals surface area contributed by atoms with E-state index in [1.165, 1.54) is 4.90 Å². The fourth-order valence-electron chi connectivity index (χ4n) is 6.27. The molecule has 0 aliphatic carbocycles. The van der Waals surface area contributed by atoms with E-state index < -0.39 is 29.1 Å². The quantitative estimate of drug-likeness (QED) is 0.200. The van der Waals surface area contributed by atoms with Crippen LogP contribution in [-0.2, 0) is 19.0 Å². The molecule has 0 bridgehead atoms. The van der Waals surface area contributed by atoms with Gasteiger partial charge in [-0.3, -0.25) is 19.4 Å². The van der Waals surface area contributed by atoms with E-state index >= 15 is 0 Å². The fourth-order valence-corrected chi connectivity index (χ4v) is 6.27. The summed E-state index contributed by atoms with van der Waals surface area (Å²) in [5, 5.41) is 8.03. The maximum Gasteiger partial charge on any atom is 0.510 e. The summed E-state index contributed by atoms with van der Waals surface area (Å²) in [6, 6.07) is 11.4. The Morgan fingerprint density at radius 2 is 1.47 bits per heavy atom. The molecule has 4 aromatic rings. The van der Waals surface area contributed by atoms with Crippen molar-refractivity contribution in [1.82, 2.24) is 29.5 Å². The van der Waals surface area contributed by atoms with E-state index in [1.54, 1.807) is 73.1 Å². The van der Waals surface area contributed by atoms with Crippen molar-refractivity contribution in [2.24, 2.45) is 0 Å². The van der Waals surface area contributed by atoms with E-state index in [4.69, 9.17) is 28.7 Å². The molecular formula is C38H47N7O8. The number of rotatable bonds is 8. The Hall–Kier alpha value is -5.60. The van der Waals surface area contributed by atoms with Crippen LogP contribution in [0.2, 0.25) is 0 Å². The molecule has 53 heavy (non-hydrogen) atoms. The Morgan fingerprint density at radius 1 is 0.811 bits per heavy atom. The third-order valence-electron chi connectivity index (χ3n) is 8.81. The van der Waals surface area contributed by atoms with Crippen molar-refractivity contribution < 1.29 is 38.1 Å². The van der Waals surface area contributed by atoms with Crippen molar-refractivity contribution in [3.63, 3.8) is 0 Å². The van der Waals surface area contributed by atoms with Gasteiger partial charge < -0.3 is 33.9 Å². The van der Waals surface area contributed by atoms with Crippen LogP contribution in [-0.4, -0.2) is 105 Å². The molecule has 2 aliphatic heterocycles. The van der Waals surface area contributed by atoms with Crippen molar-refractivity contribution in [2.45, 2.75) is 77.2 Å². The summed E-state index contributed by atoms with van der Waals surface area (Å²) in [6.45, 7) is 11.0. The highest BCUT2D eigenvalue weighted by atomic mass is 16.7. The first-order valence-electron chi connectivity index (χ1n) is 17.5. The van der Waals surface area contributed by atoms with Crippen LogP contribution in [0.25, 0.3) is 22.3 Å². The van der Waals surface area contributed by atoms with Gasteiger partial charge in [0, 0.05) is 54.4 Å². The van der Waals surface area contributed by atoms with Crippen LogP contribution in [0.3, 0.4) is 0 Å². The molecule has 0 radical (unpaired) electrons. The molecule has 2 fully saturated rings. The van der Waals surface area contributed by atoms with E-state index in [0.717, 1.165) is 22.5 Å². The summed E-state index contributed by atoms with van der Waals surface area (Å²) in [6.07, 6.45) is 5.15. The number of nitrogens with zero attached hydrogens (tertiary/aromatic N) is 6. The van der Waals surface area contributed by atoms with Crippen molar-refractivity contribution in [3.05, 3.63) is 55.0 Å². The minimum atomic E-state index is -1.56. The number of methoxy groups -OCH3 is 2. The van der Waals surface area contributed by atoms with E-state index in [-0.39, 0.29) is 25.0 Å². The van der Waals surface area contributed by atoms with E-state index in [1.807, 2.05) is 47.3 Å². The summed E-state index contributed by atoms with van der Waals surface area (Å²) in [7, 11) is 3.22. The molecule has 2 aromatic heterocycles. The minimum absolute atomic E-state index is 0.0271. The van der Waals surface area contributed by atoms with Crippen molar-refractivity contribution in [1.29, 1.82) is 0 Å². The molecule has 0 atom stereocenters. The highest BCUT2D eigenvalue weighted by Gasteiger charge is 2.58. The number of hydrogen-bond donors (Lipinski definition) is 1. The van der Waals surface area contributed by atoms with Crippen LogP contribution in [0.5, 0.6) is 11.5 Å². The Balaban J connectivity index is 1.11. The van der Waals surface area contributed by atoms with Crippen LogP contribution >= 0.6 is 0 Å². The molecule has 15 heteroatoms. The van der Waals surface area contributed by atoms with Gasteiger partial charge in [0.2, 0.25) is 5.60 Å². The van der Waals surface area contributed by atoms with Gasteiger partial charge in [0.05, 0.1) is 62.5 Å². The summed E-state index contributed by atoms with van der Waals surface area (Å²) in [5.41, 5.74) is 1.50. The lowest BCUT2D eigenvalue weighted by Gasteiger charge is -2.49. The van der Waals surface area contributed by atoms with Crippen molar-refractivity contribution in [3.8, 4) is 22.8 Å². The van der Waals surface area contributed by atoms with Crippen LogP contribution in [0.15, 0.2) is 55.0 Å². The molecule has 15 nitrogen and oxygen atoms in total. The molecule has 0 saturated carbocycles. The molecule has 0 unspecified atom stereocenters. The number of carbonyl (C=O) groups excluding carboxylic acids is 3. The first kappa shape index (κ1) is 37.2. The van der Waals surface area contributed by atoms with Gasteiger partial charge in [-0.2, -0.15) is 5.10 Å². The number of amides is 2. The second-order valence-electron chi connectivity index (χ2n) is 15.3. The zero-order chi connectivity index (χ0) is 38.1. The van der Waals surface area contributed by atoms with Gasteiger partial charge in [-0.1, -0.05) is 0 Å². The van der Waals surface area contributed by atoms with Gasteiger partial charge in [-0.25, -0.2) is 14.6 Å². The van der Waals surface area contributed by atoms with Crippen molar-refractivity contribution in [2.75, 3.05) is 45.7 Å². The first-order chi connectivity index (χ1) is 25.0. The van der Waals surface area contributed by atoms with Crippen molar-refractivity contribution >= 4 is 40.6 Å². The molecule has 2 aliphatic rings. The molecule has 2 amide bonds. The zero-order valence-corrected chi connectivity index (χ0v) is 31.5. The zero-order valence-electron chi connectivity index (χ0n) is 31.5. The molecule has 2 saturated heterocycles. The number of carbonyl (C=O) groups is 3. The number of fused-ring (bicyclic) bond motifs is 1. The third kappa shape index (κ3) is 8.72. The van der Waals surface area contributed by atoms with Gasteiger partial charge in [0.15, 0.2) is 0 Å². The van der Waals surface area contributed by atoms with Gasteiger partial charge in [-0.05, 0) is 72.6 Å². The Morgan fingerprint density at radius 3 is 2.09 bits per heavy atom. The largest absolute Gasteiger partial charge is 0.510 e. The normalized spacial score (nSPS) is 16.1. The van der Waals surface area contributed by atoms with Gasteiger partial charge >= 0.3 is 12.2 Å². The Kier molecular flexibility index (Phi) is 10.1. The molecule has 282 valence electrons. The van der Waals surface area contributed by atoms with Crippen LogP contribution in [0.4, 0.5) is 21.0 Å². The number of benzene rings is 2. The number of likely N-dealkylation sites (tertiary alicyclic amines) is 2. The number of hydrogen-bond acceptors (Lipinski definition) is 12. The second-order valence-corrected chi connectivity index (χ2v) is 15.3. The average Bonchev–Trinajstić information content (AvgIpc) is 3.58. The second kappa shape index (κ2) is 14.4. The maximum atomic E-state index is 13.9. The smallest absolute Gasteiger partial charge is 0.497 e. The summed E-state index contributed by atoms with van der Waals surface area (Å²) >= 11 is 0. The summed E-state index contributed by atoms with van der Waals surface area (Å²) in [4.78, 5) is 52.0. The highest BCUT2D eigenvalue weighted by Crippen LogP contribution is 2.34. The minimum Gasteiger partial charge on any atom is -0.497 e. The number of ether oxygens (including phenoxy) is 5. The maximum absolute atomic E-state index is 13.9. The van der Waals surface area contributed by atoms with Crippen LogP contribution in [0.1, 0.15) is 60.4 Å². The summed E-state index contributed by atoms with van der Waals surface area (Å²) < 4.78 is 29.2. The van der Waals surface area contributed by atoms with E-state index in [9.17, 15) is 14.4 Å². The van der Waals surface area contributed by atoms with E-state index in [2.05, 4.69) is 15.4 Å². The number of anilines is 2. The lowest BCUT2D eigenvalue weighted by molar-refractivity contribution is -0.177. The van der Waals surface area contributed by atoms with Crippen LogP contribution < -0.4 is 14.8 Å². The standard InChI is InChI=1S/C38H47N7O8/c1-36(2,3)51-34(47)44-22-38(23-44,53-35(48)52-37(4,5)6)33(46)43-13-11-27(12-14-43)45-21-24(19-40-45)32-20-39-30-10-9-25(17-31(30)42-32)41-26-15-28(49-7)18-29(16-26)50-8/h9-10,15-21,27,41H,11-14,22-23H2,1-8H3. The first-order valence-corrected chi connectivity index (χ1v) is 17.5. The topological polar surface area (TPSA) is 159 Å². The molecular weight excluding hydrogens is 682 g/mol. The lowest BCUT2D eigenvalue weighted by atomic mass is 9.91. The summed E-state index contributed by atoms with van der Waals surface area (Å²) in [5.74, 6) is 0.976. The highest BCUT2D eigenvalue weighted by molar-refractivity contribution is 5.91. The Bertz CT molecular complexity index is 1960. The predicted molar refractivity (Wildman–Crippen MR) is 196 cm³/mol. The lowest BCUT2D eigenvalue weighted by Crippen LogP contribution is -2.72. The number of nitrogens with one attached hydrogen (secondary N) is 1. The number of piperidine rings is 1. The Labute approximate surface area is 308 Å². The van der Waals surface area contributed by atoms with Gasteiger partial charge in [0.25, 0.3) is 5.91 Å². The SMILES string of the molecule is COc1cc(Nc2ccc3ncc(-c4cnn(C5CCN(C(=O)C6(OC(=O)OC(C)(C)C)CN(C(=O)OC(C)(C)C)C6)CC5)c4)nc3c2)cc(OC)c1. The van der Waals surface area contributed by atoms with Crippen LogP contribution in [0, 0.1) is 0 Å². The van der Waals surface area contributed by atoms with Gasteiger partial charge in [-0.15, -0.1) is 0 Å². The molecule has 1 N–H and O–H groups in total. The van der Waals surface area contributed by atoms with Gasteiger partial charge in [0.1, 0.15) is 22.7 Å². The third-order valence-corrected chi connectivity index (χ3v) is 8.81. The number of aromatic nitrogens is 4. The predicted octanol–water partition coefficient (Wildman–Crippen LogP) is 6.36. The van der Waals surface area contributed by atoms with E-state index in [0.29, 0.717) is 48.6 Å².